The van der Waals surface area contributed by atoms with Crippen molar-refractivity contribution in [3.05, 3.63) is 53.1 Å². The van der Waals surface area contributed by atoms with E-state index in [4.69, 9.17) is 5.73 Å². The lowest BCUT2D eigenvalue weighted by atomic mass is 9.71. The summed E-state index contributed by atoms with van der Waals surface area (Å²) in [5.74, 6) is 0.622. The van der Waals surface area contributed by atoms with Crippen molar-refractivity contribution in [2.75, 3.05) is 13.1 Å². The highest BCUT2D eigenvalue weighted by atomic mass is 127. The number of carbonyl (C=O) groups is 1. The molecular formula is C17H19IN4O. The second-order valence-corrected chi connectivity index (χ2v) is 7.75. The number of imidazole rings is 1. The maximum atomic E-state index is 11.8. The zero-order chi connectivity index (χ0) is 16.0. The van der Waals surface area contributed by atoms with Gasteiger partial charge in [0.1, 0.15) is 11.5 Å². The summed E-state index contributed by atoms with van der Waals surface area (Å²) in [5.41, 5.74) is 8.74. The van der Waals surface area contributed by atoms with Crippen molar-refractivity contribution in [1.29, 1.82) is 0 Å². The van der Waals surface area contributed by atoms with Gasteiger partial charge in [-0.15, -0.1) is 0 Å². The van der Waals surface area contributed by atoms with Crippen LogP contribution < -0.4 is 5.73 Å². The molecule has 1 fully saturated rings. The highest BCUT2D eigenvalue weighted by molar-refractivity contribution is 14.1. The summed E-state index contributed by atoms with van der Waals surface area (Å²) in [6.07, 6.45) is 4.60. The summed E-state index contributed by atoms with van der Waals surface area (Å²) in [6, 6.07) is 8.67. The molecule has 6 heteroatoms. The number of nitrogens with two attached hydrogens (primary N) is 1. The van der Waals surface area contributed by atoms with Crippen LogP contribution in [0, 0.1) is 0 Å². The number of primary amides is 1. The van der Waals surface area contributed by atoms with E-state index in [9.17, 15) is 4.79 Å². The molecule has 23 heavy (non-hydrogen) atoms. The molecule has 3 heterocycles. The SMILES string of the molecule is NC(=O)c1cnc2n1CCc1ccccc1C21CCN(I)CC1. The Morgan fingerprint density at radius 2 is 1.96 bits per heavy atom. The Hall–Kier alpha value is -1.41. The van der Waals surface area contributed by atoms with Gasteiger partial charge in [0, 0.05) is 42.5 Å². The van der Waals surface area contributed by atoms with Crippen LogP contribution in [0.5, 0.6) is 0 Å². The number of rotatable bonds is 1. The van der Waals surface area contributed by atoms with Crippen LogP contribution in [0.3, 0.4) is 0 Å². The summed E-state index contributed by atoms with van der Waals surface area (Å²) in [6.45, 7) is 2.81. The highest BCUT2D eigenvalue weighted by Gasteiger charge is 2.44. The topological polar surface area (TPSA) is 64.2 Å². The van der Waals surface area contributed by atoms with E-state index in [1.54, 1.807) is 6.20 Å². The predicted octanol–water partition coefficient (Wildman–Crippen LogP) is 2.27. The third-order valence-corrected chi connectivity index (χ3v) is 6.20. The molecular weight excluding hydrogens is 403 g/mol. The first-order valence-corrected chi connectivity index (χ1v) is 8.93. The fraction of sp³-hybridized carbons (Fsp3) is 0.412. The van der Waals surface area contributed by atoms with Crippen molar-refractivity contribution >= 4 is 28.8 Å². The largest absolute Gasteiger partial charge is 0.364 e. The Bertz CT molecular complexity index is 762. The number of aromatic nitrogens is 2. The fourth-order valence-electron chi connectivity index (χ4n) is 4.09. The Balaban J connectivity index is 1.94. The summed E-state index contributed by atoms with van der Waals surface area (Å²) in [4.78, 5) is 16.5. The Labute approximate surface area is 149 Å². The number of benzene rings is 1. The van der Waals surface area contributed by atoms with Crippen LogP contribution in [0.4, 0.5) is 0 Å². The normalized spacial score (nSPS) is 19.9. The van der Waals surface area contributed by atoms with Crippen LogP contribution >= 0.6 is 22.9 Å². The van der Waals surface area contributed by atoms with E-state index in [1.165, 1.54) is 11.1 Å². The number of nitrogens with zero attached hydrogens (tertiary/aromatic N) is 3. The molecule has 0 bridgehead atoms. The van der Waals surface area contributed by atoms with Crippen LogP contribution in [0.15, 0.2) is 30.5 Å². The van der Waals surface area contributed by atoms with Crippen LogP contribution in [0.2, 0.25) is 0 Å². The number of carbonyl (C=O) groups excluding carboxylic acids is 1. The van der Waals surface area contributed by atoms with E-state index in [2.05, 4.69) is 59.8 Å². The molecule has 0 radical (unpaired) electrons. The third-order valence-electron chi connectivity index (χ3n) is 5.24. The Kier molecular flexibility index (Phi) is 3.68. The molecule has 1 saturated heterocycles. The van der Waals surface area contributed by atoms with Gasteiger partial charge in [-0.1, -0.05) is 24.3 Å². The summed E-state index contributed by atoms with van der Waals surface area (Å²) < 4.78 is 4.39. The first-order chi connectivity index (χ1) is 11.1. The van der Waals surface area contributed by atoms with E-state index in [-0.39, 0.29) is 5.41 Å². The fourth-order valence-corrected chi connectivity index (χ4v) is 4.58. The van der Waals surface area contributed by atoms with Gasteiger partial charge in [-0.25, -0.2) is 8.10 Å². The maximum Gasteiger partial charge on any atom is 0.266 e. The van der Waals surface area contributed by atoms with Gasteiger partial charge in [0.15, 0.2) is 0 Å². The van der Waals surface area contributed by atoms with Crippen molar-refractivity contribution in [3.8, 4) is 0 Å². The standard InChI is InChI=1S/C17H19IN4O/c18-21-9-6-17(7-10-21)13-4-2-1-3-12(13)5-8-22-14(15(19)23)11-20-16(17)22/h1-4,11H,5-10H2,(H2,19,23). The molecule has 2 aliphatic rings. The second kappa shape index (κ2) is 5.59. The van der Waals surface area contributed by atoms with Gasteiger partial charge < -0.3 is 10.3 Å². The minimum absolute atomic E-state index is 0.109. The van der Waals surface area contributed by atoms with Crippen molar-refractivity contribution in [2.24, 2.45) is 5.73 Å². The maximum absolute atomic E-state index is 11.8. The van der Waals surface area contributed by atoms with Gasteiger partial charge in [0.2, 0.25) is 0 Å². The first kappa shape index (κ1) is 15.1. The van der Waals surface area contributed by atoms with Crippen LogP contribution in [0.25, 0.3) is 0 Å². The van der Waals surface area contributed by atoms with Crippen LogP contribution in [0.1, 0.15) is 40.3 Å². The van der Waals surface area contributed by atoms with Gasteiger partial charge in [0.05, 0.1) is 11.6 Å². The van der Waals surface area contributed by atoms with Crippen molar-refractivity contribution in [1.82, 2.24) is 12.7 Å². The highest BCUT2D eigenvalue weighted by Crippen LogP contribution is 2.45. The third kappa shape index (κ3) is 2.30. The quantitative estimate of drug-likeness (QED) is 0.567. The molecule has 4 rings (SSSR count). The molecule has 0 atom stereocenters. The lowest BCUT2D eigenvalue weighted by Gasteiger charge is -2.40. The molecule has 120 valence electrons. The number of amides is 1. The molecule has 0 unspecified atom stereocenters. The van der Waals surface area contributed by atoms with Gasteiger partial charge >= 0.3 is 0 Å². The monoisotopic (exact) mass is 422 g/mol. The van der Waals surface area contributed by atoms with E-state index in [0.29, 0.717) is 5.69 Å². The minimum atomic E-state index is -0.392. The molecule has 1 aromatic carbocycles. The molecule has 0 saturated carbocycles. The Morgan fingerprint density at radius 3 is 2.70 bits per heavy atom. The van der Waals surface area contributed by atoms with Crippen molar-refractivity contribution in [3.63, 3.8) is 0 Å². The number of aryl methyl sites for hydroxylation is 1. The van der Waals surface area contributed by atoms with Crippen molar-refractivity contribution < 1.29 is 4.79 Å². The molecule has 1 spiro atoms. The van der Waals surface area contributed by atoms with E-state index in [0.717, 1.165) is 44.7 Å². The van der Waals surface area contributed by atoms with Crippen LogP contribution in [-0.2, 0) is 18.4 Å². The zero-order valence-corrected chi connectivity index (χ0v) is 15.0. The van der Waals surface area contributed by atoms with E-state index < -0.39 is 5.91 Å². The molecule has 2 aromatic rings. The van der Waals surface area contributed by atoms with Gasteiger partial charge in [-0.2, -0.15) is 0 Å². The molecule has 1 aromatic heterocycles. The van der Waals surface area contributed by atoms with E-state index in [1.807, 2.05) is 0 Å². The smallest absolute Gasteiger partial charge is 0.266 e. The number of halogens is 1. The second-order valence-electron chi connectivity index (χ2n) is 6.38. The van der Waals surface area contributed by atoms with Gasteiger partial charge in [-0.3, -0.25) is 4.79 Å². The summed E-state index contributed by atoms with van der Waals surface area (Å²) in [7, 11) is 0. The average molecular weight is 422 g/mol. The van der Waals surface area contributed by atoms with Crippen LogP contribution in [-0.4, -0.2) is 31.7 Å². The lowest BCUT2D eigenvalue weighted by Crippen LogP contribution is -2.41. The number of hydrogen-bond acceptors (Lipinski definition) is 3. The molecule has 2 N–H and O–H groups in total. The molecule has 2 aliphatic heterocycles. The van der Waals surface area contributed by atoms with Crippen molar-refractivity contribution in [2.45, 2.75) is 31.2 Å². The molecule has 0 aliphatic carbocycles. The number of piperidine rings is 1. The minimum Gasteiger partial charge on any atom is -0.364 e. The zero-order valence-electron chi connectivity index (χ0n) is 12.8. The average Bonchev–Trinajstić information content (AvgIpc) is 2.94. The predicted molar refractivity (Wildman–Crippen MR) is 96.5 cm³/mol. The first-order valence-electron chi connectivity index (χ1n) is 7.97. The number of hydrogen-bond donors (Lipinski definition) is 1. The summed E-state index contributed by atoms with van der Waals surface area (Å²) >= 11 is 2.39. The summed E-state index contributed by atoms with van der Waals surface area (Å²) in [5, 5.41) is 0. The molecule has 5 nitrogen and oxygen atoms in total. The van der Waals surface area contributed by atoms with Gasteiger partial charge in [0.25, 0.3) is 5.91 Å². The van der Waals surface area contributed by atoms with E-state index >= 15 is 0 Å². The lowest BCUT2D eigenvalue weighted by molar-refractivity contribution is 0.0990. The Morgan fingerprint density at radius 1 is 1.22 bits per heavy atom. The number of fused-ring (bicyclic) bond motifs is 4. The van der Waals surface area contributed by atoms with Gasteiger partial charge in [-0.05, 0) is 30.4 Å². The molecule has 1 amide bonds.